The van der Waals surface area contributed by atoms with Gasteiger partial charge in [-0.25, -0.2) is 0 Å². The van der Waals surface area contributed by atoms with E-state index in [1.165, 1.54) is 11.1 Å². The van der Waals surface area contributed by atoms with Gasteiger partial charge in [-0.05, 0) is 58.7 Å². The molecule has 0 radical (unpaired) electrons. The zero-order valence-electron chi connectivity index (χ0n) is 10.3. The van der Waals surface area contributed by atoms with Gasteiger partial charge in [0.05, 0.1) is 0 Å². The number of hydrogen-bond acceptors (Lipinski definition) is 2. The number of nitrogens with one attached hydrogen (secondary N) is 1. The van der Waals surface area contributed by atoms with Crippen molar-refractivity contribution in [1.82, 2.24) is 10.3 Å². The highest BCUT2D eigenvalue weighted by molar-refractivity contribution is 9.11. The van der Waals surface area contributed by atoms with Crippen molar-refractivity contribution in [1.29, 1.82) is 0 Å². The fourth-order valence-corrected chi connectivity index (χ4v) is 3.69. The largest absolute Gasteiger partial charge is 0.313 e. The van der Waals surface area contributed by atoms with Crippen LogP contribution in [-0.4, -0.2) is 12.0 Å². The minimum atomic E-state index is 0.249. The van der Waals surface area contributed by atoms with E-state index in [2.05, 4.69) is 82.4 Å². The standard InChI is InChI=1S/C14H13Br3N2/c1-18-14(5-9-4-11(16)8-19-7-9)12-3-2-10(15)6-13(12)17/h2-4,6-8,14,18H,5H2,1H3. The summed E-state index contributed by atoms with van der Waals surface area (Å²) >= 11 is 10.6. The van der Waals surface area contributed by atoms with Crippen molar-refractivity contribution in [2.24, 2.45) is 0 Å². The molecule has 1 heterocycles. The molecule has 0 spiro atoms. The maximum Gasteiger partial charge on any atom is 0.0410 e. The smallest absolute Gasteiger partial charge is 0.0410 e. The van der Waals surface area contributed by atoms with E-state index < -0.39 is 0 Å². The second kappa shape index (κ2) is 6.97. The third-order valence-corrected chi connectivity index (χ3v) is 4.50. The average molecular weight is 449 g/mol. The Bertz CT molecular complexity index is 572. The number of nitrogens with zero attached hydrogens (tertiary/aromatic N) is 1. The second-order valence-electron chi connectivity index (χ2n) is 4.22. The first-order valence-electron chi connectivity index (χ1n) is 5.82. The van der Waals surface area contributed by atoms with Gasteiger partial charge >= 0.3 is 0 Å². The number of hydrogen-bond donors (Lipinski definition) is 1. The number of halogens is 3. The van der Waals surface area contributed by atoms with E-state index in [0.29, 0.717) is 0 Å². The van der Waals surface area contributed by atoms with Crippen LogP contribution >= 0.6 is 47.8 Å². The Hall–Kier alpha value is -0.230. The molecule has 0 aliphatic carbocycles. The highest BCUT2D eigenvalue weighted by Crippen LogP contribution is 2.29. The third-order valence-electron chi connectivity index (χ3n) is 2.89. The number of pyridine rings is 1. The molecule has 5 heteroatoms. The summed E-state index contributed by atoms with van der Waals surface area (Å²) in [6, 6.07) is 8.60. The maximum absolute atomic E-state index is 4.21. The normalized spacial score (nSPS) is 12.4. The minimum absolute atomic E-state index is 0.249. The summed E-state index contributed by atoms with van der Waals surface area (Å²) in [6.45, 7) is 0. The lowest BCUT2D eigenvalue weighted by molar-refractivity contribution is 0.588. The molecule has 0 amide bonds. The van der Waals surface area contributed by atoms with Gasteiger partial charge in [-0.15, -0.1) is 0 Å². The first-order chi connectivity index (χ1) is 9.10. The summed E-state index contributed by atoms with van der Waals surface area (Å²) in [7, 11) is 1.98. The molecular formula is C14H13Br3N2. The van der Waals surface area contributed by atoms with Gasteiger partial charge in [-0.3, -0.25) is 4.98 Å². The van der Waals surface area contributed by atoms with E-state index in [-0.39, 0.29) is 6.04 Å². The van der Waals surface area contributed by atoms with Crippen LogP contribution in [-0.2, 0) is 6.42 Å². The summed E-state index contributed by atoms with van der Waals surface area (Å²) in [5.41, 5.74) is 2.44. The molecule has 1 unspecified atom stereocenters. The molecule has 0 bridgehead atoms. The molecule has 1 aromatic heterocycles. The molecule has 0 aliphatic rings. The Morgan fingerprint density at radius 1 is 1.11 bits per heavy atom. The van der Waals surface area contributed by atoms with Gasteiger partial charge in [0, 0.05) is 31.9 Å². The summed E-state index contributed by atoms with van der Waals surface area (Å²) in [4.78, 5) is 4.21. The highest BCUT2D eigenvalue weighted by Gasteiger charge is 2.14. The van der Waals surface area contributed by atoms with Crippen molar-refractivity contribution in [3.05, 3.63) is 61.2 Å². The third kappa shape index (κ3) is 4.12. The Labute approximate surface area is 138 Å². The van der Waals surface area contributed by atoms with Crippen molar-refractivity contribution in [2.75, 3.05) is 7.05 Å². The van der Waals surface area contributed by atoms with E-state index in [0.717, 1.165) is 19.8 Å². The van der Waals surface area contributed by atoms with Crippen molar-refractivity contribution < 1.29 is 0 Å². The molecule has 1 aromatic carbocycles. The van der Waals surface area contributed by atoms with E-state index in [4.69, 9.17) is 0 Å². The molecule has 2 rings (SSSR count). The van der Waals surface area contributed by atoms with Gasteiger partial charge in [-0.2, -0.15) is 0 Å². The van der Waals surface area contributed by atoms with Crippen LogP contribution in [0.5, 0.6) is 0 Å². The molecular weight excluding hydrogens is 436 g/mol. The average Bonchev–Trinajstić information content (AvgIpc) is 2.37. The fourth-order valence-electron chi connectivity index (χ4n) is 1.95. The zero-order valence-corrected chi connectivity index (χ0v) is 15.1. The summed E-state index contributed by atoms with van der Waals surface area (Å²) in [5, 5.41) is 3.36. The number of likely N-dealkylation sites (N-methyl/N-ethyl adjacent to an activating group) is 1. The quantitative estimate of drug-likeness (QED) is 0.721. The van der Waals surface area contributed by atoms with Gasteiger partial charge < -0.3 is 5.32 Å². The van der Waals surface area contributed by atoms with Crippen molar-refractivity contribution in [3.8, 4) is 0 Å². The second-order valence-corrected chi connectivity index (χ2v) is 6.91. The van der Waals surface area contributed by atoms with E-state index in [1.54, 1.807) is 6.20 Å². The number of aromatic nitrogens is 1. The Balaban J connectivity index is 2.25. The van der Waals surface area contributed by atoms with E-state index >= 15 is 0 Å². The maximum atomic E-state index is 4.21. The Morgan fingerprint density at radius 3 is 2.53 bits per heavy atom. The summed E-state index contributed by atoms with van der Waals surface area (Å²) in [6.07, 6.45) is 4.60. The van der Waals surface area contributed by atoms with Crippen LogP contribution in [0.4, 0.5) is 0 Å². The fraction of sp³-hybridized carbons (Fsp3) is 0.214. The lowest BCUT2D eigenvalue weighted by Crippen LogP contribution is -2.19. The van der Waals surface area contributed by atoms with Crippen LogP contribution in [0, 0.1) is 0 Å². The van der Waals surface area contributed by atoms with E-state index in [1.807, 2.05) is 13.2 Å². The van der Waals surface area contributed by atoms with Crippen LogP contribution in [0.3, 0.4) is 0 Å². The van der Waals surface area contributed by atoms with Crippen LogP contribution in [0.15, 0.2) is 50.1 Å². The molecule has 1 N–H and O–H groups in total. The SMILES string of the molecule is CNC(Cc1cncc(Br)c1)c1ccc(Br)cc1Br. The predicted molar refractivity (Wildman–Crippen MR) is 89.3 cm³/mol. The molecule has 0 saturated heterocycles. The Morgan fingerprint density at radius 2 is 1.89 bits per heavy atom. The van der Waals surface area contributed by atoms with Crippen molar-refractivity contribution in [2.45, 2.75) is 12.5 Å². The lowest BCUT2D eigenvalue weighted by Gasteiger charge is -2.18. The van der Waals surface area contributed by atoms with Gasteiger partial charge in [-0.1, -0.05) is 37.9 Å². The molecule has 19 heavy (non-hydrogen) atoms. The van der Waals surface area contributed by atoms with Crippen molar-refractivity contribution in [3.63, 3.8) is 0 Å². The van der Waals surface area contributed by atoms with E-state index in [9.17, 15) is 0 Å². The first kappa shape index (κ1) is 15.2. The van der Waals surface area contributed by atoms with Gasteiger partial charge in [0.25, 0.3) is 0 Å². The lowest BCUT2D eigenvalue weighted by atomic mass is 10.0. The molecule has 0 saturated carbocycles. The number of rotatable bonds is 4. The molecule has 0 fully saturated rings. The van der Waals surface area contributed by atoms with Gasteiger partial charge in [0.2, 0.25) is 0 Å². The molecule has 0 aliphatic heterocycles. The van der Waals surface area contributed by atoms with Crippen LogP contribution in [0.2, 0.25) is 0 Å². The van der Waals surface area contributed by atoms with Gasteiger partial charge in [0.1, 0.15) is 0 Å². The highest BCUT2D eigenvalue weighted by atomic mass is 79.9. The van der Waals surface area contributed by atoms with Crippen molar-refractivity contribution >= 4 is 47.8 Å². The van der Waals surface area contributed by atoms with Crippen LogP contribution in [0.1, 0.15) is 17.2 Å². The number of benzene rings is 1. The Kier molecular flexibility index (Phi) is 5.57. The van der Waals surface area contributed by atoms with Crippen LogP contribution < -0.4 is 5.32 Å². The molecule has 2 nitrogen and oxygen atoms in total. The van der Waals surface area contributed by atoms with Crippen LogP contribution in [0.25, 0.3) is 0 Å². The molecule has 1 atom stereocenters. The molecule has 2 aromatic rings. The first-order valence-corrected chi connectivity index (χ1v) is 8.19. The zero-order chi connectivity index (χ0) is 13.8. The predicted octanol–water partition coefficient (Wildman–Crippen LogP) is 4.87. The summed E-state index contributed by atoms with van der Waals surface area (Å²) < 4.78 is 3.18. The topological polar surface area (TPSA) is 24.9 Å². The molecule has 100 valence electrons. The minimum Gasteiger partial charge on any atom is -0.313 e. The summed E-state index contributed by atoms with van der Waals surface area (Å²) in [5.74, 6) is 0. The monoisotopic (exact) mass is 446 g/mol. The van der Waals surface area contributed by atoms with Gasteiger partial charge in [0.15, 0.2) is 0 Å².